The van der Waals surface area contributed by atoms with Gasteiger partial charge in [-0.2, -0.15) is 0 Å². The van der Waals surface area contributed by atoms with Crippen molar-refractivity contribution in [3.8, 4) is 0 Å². The number of carbonyl (C=O) groups is 2. The van der Waals surface area contributed by atoms with Crippen LogP contribution in [-0.4, -0.2) is 23.8 Å². The quantitative estimate of drug-likeness (QED) is 0.837. The first-order valence-corrected chi connectivity index (χ1v) is 8.64. The largest absolute Gasteiger partial charge is 0.335 e. The fourth-order valence-electron chi connectivity index (χ4n) is 2.42. The highest BCUT2D eigenvalue weighted by atomic mass is 19.2. The van der Waals surface area contributed by atoms with Crippen LogP contribution < -0.4 is 5.32 Å². The molecule has 0 saturated heterocycles. The van der Waals surface area contributed by atoms with Crippen LogP contribution in [0, 0.1) is 17.0 Å². The molecule has 1 atom stereocenters. The van der Waals surface area contributed by atoms with E-state index in [9.17, 15) is 18.4 Å². The highest BCUT2D eigenvalue weighted by Gasteiger charge is 2.23. The molecule has 2 rings (SSSR count). The summed E-state index contributed by atoms with van der Waals surface area (Å²) in [5.41, 5.74) is 0.841. The maximum absolute atomic E-state index is 13.5. The van der Waals surface area contributed by atoms with Crippen LogP contribution in [0.1, 0.15) is 49.7 Å². The highest BCUT2D eigenvalue weighted by molar-refractivity contribution is 5.98. The average Bonchev–Trinajstić information content (AvgIpc) is 2.61. The van der Waals surface area contributed by atoms with Crippen molar-refractivity contribution < 1.29 is 18.4 Å². The van der Waals surface area contributed by atoms with Crippen LogP contribution in [-0.2, 0) is 4.79 Å². The van der Waals surface area contributed by atoms with Crippen LogP contribution in [0.15, 0.2) is 42.5 Å². The minimum absolute atomic E-state index is 0.157. The Bertz CT molecular complexity index is 860. The lowest BCUT2D eigenvalue weighted by molar-refractivity contribution is -0.123. The Hall–Kier alpha value is -2.76. The van der Waals surface area contributed by atoms with Crippen molar-refractivity contribution >= 4 is 17.5 Å². The van der Waals surface area contributed by atoms with Gasteiger partial charge in [0.1, 0.15) is 0 Å². The third-order valence-corrected chi connectivity index (χ3v) is 4.38. The molecular weight excluding hydrogens is 350 g/mol. The summed E-state index contributed by atoms with van der Waals surface area (Å²) >= 11 is 0. The third kappa shape index (κ3) is 4.90. The second-order valence-electron chi connectivity index (χ2n) is 7.55. The molecule has 0 aliphatic heterocycles. The topological polar surface area (TPSA) is 49.4 Å². The van der Waals surface area contributed by atoms with Gasteiger partial charge in [-0.3, -0.25) is 9.59 Å². The van der Waals surface area contributed by atoms with E-state index in [1.54, 1.807) is 59.0 Å². The number of hydrogen-bond donors (Lipinski definition) is 1. The molecule has 2 aromatic carbocycles. The van der Waals surface area contributed by atoms with E-state index in [1.807, 2.05) is 0 Å². The van der Waals surface area contributed by atoms with E-state index in [4.69, 9.17) is 0 Å². The van der Waals surface area contributed by atoms with E-state index in [-0.39, 0.29) is 11.8 Å². The predicted molar refractivity (Wildman–Crippen MR) is 101 cm³/mol. The number of nitrogens with one attached hydrogen (secondary N) is 1. The summed E-state index contributed by atoms with van der Waals surface area (Å²) in [5, 5.41) is 2.79. The number of nitrogens with zero attached hydrogens (tertiary/aromatic N) is 1. The normalized spacial score (nSPS) is 12.4. The van der Waals surface area contributed by atoms with Gasteiger partial charge >= 0.3 is 0 Å². The second-order valence-corrected chi connectivity index (χ2v) is 7.55. The SMILES string of the molecule is CC(c1ccc(F)c(F)c1)N(C)C(=O)c1cccc(NC(=O)C(C)(C)C)c1. The van der Waals surface area contributed by atoms with Gasteiger partial charge in [0.2, 0.25) is 5.91 Å². The van der Waals surface area contributed by atoms with Crippen molar-refractivity contribution in [2.75, 3.05) is 12.4 Å². The molecule has 0 spiro atoms. The summed E-state index contributed by atoms with van der Waals surface area (Å²) in [6.07, 6.45) is 0. The molecule has 0 fully saturated rings. The van der Waals surface area contributed by atoms with Crippen molar-refractivity contribution in [3.63, 3.8) is 0 Å². The van der Waals surface area contributed by atoms with E-state index in [1.165, 1.54) is 11.0 Å². The van der Waals surface area contributed by atoms with Gasteiger partial charge < -0.3 is 10.2 Å². The molecule has 0 radical (unpaired) electrons. The zero-order valence-electron chi connectivity index (χ0n) is 16.1. The molecular formula is C21H24F2N2O2. The lowest BCUT2D eigenvalue weighted by Crippen LogP contribution is -2.30. The number of rotatable bonds is 4. The smallest absolute Gasteiger partial charge is 0.254 e. The Labute approximate surface area is 158 Å². The summed E-state index contributed by atoms with van der Waals surface area (Å²) in [4.78, 5) is 26.4. The number of anilines is 1. The fourth-order valence-corrected chi connectivity index (χ4v) is 2.42. The van der Waals surface area contributed by atoms with E-state index in [2.05, 4.69) is 5.32 Å². The highest BCUT2D eigenvalue weighted by Crippen LogP contribution is 2.24. The maximum Gasteiger partial charge on any atom is 0.254 e. The molecule has 27 heavy (non-hydrogen) atoms. The van der Waals surface area contributed by atoms with Gasteiger partial charge in [0, 0.05) is 23.7 Å². The average molecular weight is 374 g/mol. The molecule has 0 aliphatic carbocycles. The molecule has 1 N–H and O–H groups in total. The first kappa shape index (κ1) is 20.6. The minimum atomic E-state index is -0.952. The summed E-state index contributed by atoms with van der Waals surface area (Å²) < 4.78 is 26.6. The Morgan fingerprint density at radius 2 is 1.70 bits per heavy atom. The molecule has 2 aromatic rings. The van der Waals surface area contributed by atoms with E-state index in [0.29, 0.717) is 16.8 Å². The molecule has 0 heterocycles. The van der Waals surface area contributed by atoms with Crippen LogP contribution in [0.2, 0.25) is 0 Å². The lowest BCUT2D eigenvalue weighted by Gasteiger charge is -2.26. The van der Waals surface area contributed by atoms with Gasteiger partial charge in [-0.05, 0) is 42.8 Å². The zero-order valence-corrected chi connectivity index (χ0v) is 16.1. The second kappa shape index (κ2) is 7.86. The monoisotopic (exact) mass is 374 g/mol. The van der Waals surface area contributed by atoms with Crippen LogP contribution in [0.5, 0.6) is 0 Å². The van der Waals surface area contributed by atoms with Crippen molar-refractivity contribution in [1.29, 1.82) is 0 Å². The fraction of sp³-hybridized carbons (Fsp3) is 0.333. The predicted octanol–water partition coefficient (Wildman–Crippen LogP) is 4.78. The van der Waals surface area contributed by atoms with Crippen LogP contribution >= 0.6 is 0 Å². The number of halogens is 2. The zero-order chi connectivity index (χ0) is 20.4. The third-order valence-electron chi connectivity index (χ3n) is 4.38. The molecule has 0 saturated carbocycles. The van der Waals surface area contributed by atoms with Crippen molar-refractivity contribution in [3.05, 3.63) is 65.2 Å². The van der Waals surface area contributed by atoms with Gasteiger partial charge in [0.05, 0.1) is 6.04 Å². The molecule has 6 heteroatoms. The van der Waals surface area contributed by atoms with Crippen LogP contribution in [0.4, 0.5) is 14.5 Å². The Kier molecular flexibility index (Phi) is 5.98. The summed E-state index contributed by atoms with van der Waals surface area (Å²) in [5.74, 6) is -2.33. The summed E-state index contributed by atoms with van der Waals surface area (Å²) in [6, 6.07) is 9.75. The van der Waals surface area contributed by atoms with Crippen LogP contribution in [0.25, 0.3) is 0 Å². The van der Waals surface area contributed by atoms with Gasteiger partial charge in [0.25, 0.3) is 5.91 Å². The number of carbonyl (C=O) groups excluding carboxylic acids is 2. The van der Waals surface area contributed by atoms with Gasteiger partial charge in [0.15, 0.2) is 11.6 Å². The number of benzene rings is 2. The first-order chi connectivity index (χ1) is 12.5. The lowest BCUT2D eigenvalue weighted by atomic mass is 9.95. The minimum Gasteiger partial charge on any atom is -0.335 e. The maximum atomic E-state index is 13.5. The van der Waals surface area contributed by atoms with E-state index < -0.39 is 23.1 Å². The molecule has 2 amide bonds. The number of amides is 2. The van der Waals surface area contributed by atoms with Crippen molar-refractivity contribution in [1.82, 2.24) is 4.90 Å². The standard InChI is InChI=1S/C21H24F2N2O2/c1-13(14-9-10-17(22)18(23)12-14)25(5)19(26)15-7-6-8-16(11-15)24-20(27)21(2,3)4/h6-13H,1-5H3,(H,24,27). The first-order valence-electron chi connectivity index (χ1n) is 8.64. The van der Waals surface area contributed by atoms with Gasteiger partial charge in [-0.15, -0.1) is 0 Å². The molecule has 0 aromatic heterocycles. The van der Waals surface area contributed by atoms with E-state index >= 15 is 0 Å². The van der Waals surface area contributed by atoms with Crippen molar-refractivity contribution in [2.45, 2.75) is 33.7 Å². The van der Waals surface area contributed by atoms with Crippen molar-refractivity contribution in [2.24, 2.45) is 5.41 Å². The molecule has 1 unspecified atom stereocenters. The molecule has 0 bridgehead atoms. The Balaban J connectivity index is 2.20. The van der Waals surface area contributed by atoms with E-state index in [0.717, 1.165) is 12.1 Å². The Morgan fingerprint density at radius 1 is 1.04 bits per heavy atom. The molecule has 0 aliphatic rings. The summed E-state index contributed by atoms with van der Waals surface area (Å²) in [6.45, 7) is 7.13. The molecule has 144 valence electrons. The molecule has 4 nitrogen and oxygen atoms in total. The number of hydrogen-bond acceptors (Lipinski definition) is 2. The van der Waals surface area contributed by atoms with Gasteiger partial charge in [-0.25, -0.2) is 8.78 Å². The van der Waals surface area contributed by atoms with Gasteiger partial charge in [-0.1, -0.05) is 32.9 Å². The Morgan fingerprint density at radius 3 is 2.30 bits per heavy atom. The van der Waals surface area contributed by atoms with Crippen LogP contribution in [0.3, 0.4) is 0 Å². The summed E-state index contributed by atoms with van der Waals surface area (Å²) in [7, 11) is 1.59.